The topological polar surface area (TPSA) is 92.5 Å². The van der Waals surface area contributed by atoms with Gasteiger partial charge in [0.05, 0.1) is 17.9 Å². The van der Waals surface area contributed by atoms with Gasteiger partial charge in [-0.3, -0.25) is 24.6 Å². The van der Waals surface area contributed by atoms with E-state index >= 15 is 0 Å². The third-order valence-corrected chi connectivity index (χ3v) is 4.15. The molecule has 2 aromatic rings. The Labute approximate surface area is 148 Å². The van der Waals surface area contributed by atoms with Crippen LogP contribution in [0.1, 0.15) is 12.0 Å². The molecule has 0 unspecified atom stereocenters. The Hall–Kier alpha value is -2.93. The highest BCUT2D eigenvalue weighted by Crippen LogP contribution is 2.23. The summed E-state index contributed by atoms with van der Waals surface area (Å²) >= 11 is 5.83. The van der Waals surface area contributed by atoms with E-state index in [2.05, 4.69) is 5.32 Å². The van der Waals surface area contributed by atoms with Crippen LogP contribution in [0.5, 0.6) is 0 Å². The summed E-state index contributed by atoms with van der Waals surface area (Å²) in [7, 11) is 0. The number of carbonyl (C=O) groups is 2. The Morgan fingerprint density at radius 2 is 1.92 bits per heavy atom. The summed E-state index contributed by atoms with van der Waals surface area (Å²) in [5, 5.41) is 14.3. The van der Waals surface area contributed by atoms with Crippen LogP contribution in [0.15, 0.2) is 48.5 Å². The zero-order valence-corrected chi connectivity index (χ0v) is 13.8. The summed E-state index contributed by atoms with van der Waals surface area (Å²) in [6.45, 7) is 0.169. The van der Waals surface area contributed by atoms with Crippen LogP contribution in [-0.4, -0.2) is 27.7 Å². The number of imide groups is 1. The summed E-state index contributed by atoms with van der Waals surface area (Å²) in [5.74, 6) is -0.644. The fourth-order valence-electron chi connectivity index (χ4n) is 2.64. The maximum absolute atomic E-state index is 12.5. The van der Waals surface area contributed by atoms with Crippen LogP contribution < -0.4 is 5.32 Å². The van der Waals surface area contributed by atoms with Crippen molar-refractivity contribution >= 4 is 34.8 Å². The highest BCUT2D eigenvalue weighted by Gasteiger charge is 2.38. The normalized spacial score (nSPS) is 17.0. The van der Waals surface area contributed by atoms with E-state index in [9.17, 15) is 19.7 Å². The first-order valence-corrected chi connectivity index (χ1v) is 7.91. The summed E-state index contributed by atoms with van der Waals surface area (Å²) in [5.41, 5.74) is 1.13. The molecule has 0 radical (unpaired) electrons. The lowest BCUT2D eigenvalue weighted by Crippen LogP contribution is -2.34. The van der Waals surface area contributed by atoms with Crippen LogP contribution in [0.2, 0.25) is 5.02 Å². The van der Waals surface area contributed by atoms with Crippen molar-refractivity contribution in [1.29, 1.82) is 0 Å². The molecule has 7 nitrogen and oxygen atoms in total. The lowest BCUT2D eigenvalue weighted by molar-refractivity contribution is -0.384. The van der Waals surface area contributed by atoms with E-state index in [1.165, 1.54) is 23.1 Å². The third kappa shape index (κ3) is 3.77. The number of amides is 2. The van der Waals surface area contributed by atoms with Crippen molar-refractivity contribution in [3.8, 4) is 0 Å². The van der Waals surface area contributed by atoms with E-state index in [4.69, 9.17) is 11.6 Å². The fourth-order valence-corrected chi connectivity index (χ4v) is 2.77. The largest absolute Gasteiger partial charge is 0.373 e. The first-order chi connectivity index (χ1) is 11.9. The number of halogens is 1. The van der Waals surface area contributed by atoms with Gasteiger partial charge in [0.1, 0.15) is 6.04 Å². The molecule has 8 heteroatoms. The van der Waals surface area contributed by atoms with Crippen molar-refractivity contribution in [3.05, 3.63) is 69.2 Å². The monoisotopic (exact) mass is 359 g/mol. The maximum atomic E-state index is 12.5. The Morgan fingerprint density at radius 1 is 1.20 bits per heavy atom. The van der Waals surface area contributed by atoms with Gasteiger partial charge in [0.2, 0.25) is 5.91 Å². The molecule has 0 aromatic heterocycles. The average Bonchev–Trinajstić information content (AvgIpc) is 2.84. The highest BCUT2D eigenvalue weighted by molar-refractivity contribution is 6.30. The number of hydrogen-bond donors (Lipinski definition) is 1. The summed E-state index contributed by atoms with van der Waals surface area (Å²) in [4.78, 5) is 36.1. The van der Waals surface area contributed by atoms with Gasteiger partial charge in [0, 0.05) is 22.8 Å². The Balaban J connectivity index is 1.71. The maximum Gasteiger partial charge on any atom is 0.271 e. The zero-order valence-electron chi connectivity index (χ0n) is 13.0. The molecule has 0 spiro atoms. The first-order valence-electron chi connectivity index (χ1n) is 7.53. The van der Waals surface area contributed by atoms with Crippen LogP contribution in [0.25, 0.3) is 0 Å². The number of nitro benzene ring substituents is 1. The average molecular weight is 360 g/mol. The van der Waals surface area contributed by atoms with Gasteiger partial charge in [-0.1, -0.05) is 29.8 Å². The van der Waals surface area contributed by atoms with Crippen LogP contribution in [-0.2, 0) is 16.1 Å². The van der Waals surface area contributed by atoms with Crippen LogP contribution in [0.3, 0.4) is 0 Å². The fraction of sp³-hybridized carbons (Fsp3) is 0.176. The molecule has 2 amide bonds. The van der Waals surface area contributed by atoms with E-state index in [1.807, 2.05) is 0 Å². The second-order valence-electron chi connectivity index (χ2n) is 5.65. The molecule has 1 aliphatic rings. The van der Waals surface area contributed by atoms with Gasteiger partial charge >= 0.3 is 0 Å². The number of nitrogens with one attached hydrogen (secondary N) is 1. The van der Waals surface area contributed by atoms with Crippen molar-refractivity contribution in [2.75, 3.05) is 5.32 Å². The number of hydrogen-bond acceptors (Lipinski definition) is 5. The van der Waals surface area contributed by atoms with E-state index in [1.54, 1.807) is 30.3 Å². The SMILES string of the molecule is O=C1C[C@@H](Nc2cccc([N+](=O)[O-])c2)C(=O)N1Cc1ccc(Cl)cc1. The molecule has 1 saturated heterocycles. The molecule has 3 rings (SSSR count). The predicted octanol–water partition coefficient (Wildman–Crippen LogP) is 2.99. The van der Waals surface area contributed by atoms with E-state index in [0.29, 0.717) is 10.7 Å². The summed E-state index contributed by atoms with van der Waals surface area (Å²) < 4.78 is 0. The molecule has 1 atom stereocenters. The zero-order chi connectivity index (χ0) is 18.0. The van der Waals surface area contributed by atoms with Gasteiger partial charge < -0.3 is 5.32 Å². The molecule has 0 bridgehead atoms. The molecule has 1 heterocycles. The van der Waals surface area contributed by atoms with E-state index in [0.717, 1.165) is 5.56 Å². The second kappa shape index (κ2) is 6.90. The van der Waals surface area contributed by atoms with Gasteiger partial charge in [-0.05, 0) is 23.8 Å². The Bertz CT molecular complexity index is 838. The minimum absolute atomic E-state index is 0.00904. The molecular formula is C17H14ClN3O4. The van der Waals surface area contributed by atoms with Gasteiger partial charge in [-0.15, -0.1) is 0 Å². The Morgan fingerprint density at radius 3 is 2.60 bits per heavy atom. The molecule has 2 aromatic carbocycles. The third-order valence-electron chi connectivity index (χ3n) is 3.90. The molecule has 0 aliphatic carbocycles. The molecular weight excluding hydrogens is 346 g/mol. The molecule has 1 N–H and O–H groups in total. The van der Waals surface area contributed by atoms with Crippen molar-refractivity contribution in [2.45, 2.75) is 19.0 Å². The molecule has 1 aliphatic heterocycles. The number of non-ortho nitro benzene ring substituents is 1. The van der Waals surface area contributed by atoms with Crippen LogP contribution >= 0.6 is 11.6 Å². The number of likely N-dealkylation sites (tertiary alicyclic amines) is 1. The van der Waals surface area contributed by atoms with Crippen LogP contribution in [0.4, 0.5) is 11.4 Å². The Kier molecular flexibility index (Phi) is 4.67. The minimum atomic E-state index is -0.734. The van der Waals surface area contributed by atoms with Gasteiger partial charge in [-0.2, -0.15) is 0 Å². The number of anilines is 1. The van der Waals surface area contributed by atoms with Crippen LogP contribution in [0, 0.1) is 10.1 Å². The summed E-state index contributed by atoms with van der Waals surface area (Å²) in [6.07, 6.45) is 0.00904. The second-order valence-corrected chi connectivity index (χ2v) is 6.09. The molecule has 0 saturated carbocycles. The number of nitro groups is 1. The predicted molar refractivity (Wildman–Crippen MR) is 92.1 cm³/mol. The smallest absolute Gasteiger partial charge is 0.271 e. The number of carbonyl (C=O) groups excluding carboxylic acids is 2. The van der Waals surface area contributed by atoms with Crippen molar-refractivity contribution in [2.24, 2.45) is 0 Å². The van der Waals surface area contributed by atoms with Gasteiger partial charge in [0.25, 0.3) is 11.6 Å². The quantitative estimate of drug-likeness (QED) is 0.503. The number of benzene rings is 2. The lowest BCUT2D eigenvalue weighted by Gasteiger charge is -2.16. The highest BCUT2D eigenvalue weighted by atomic mass is 35.5. The van der Waals surface area contributed by atoms with Crippen molar-refractivity contribution in [1.82, 2.24) is 4.90 Å². The lowest BCUT2D eigenvalue weighted by atomic mass is 10.2. The van der Waals surface area contributed by atoms with E-state index in [-0.39, 0.29) is 30.5 Å². The number of nitrogens with zero attached hydrogens (tertiary/aromatic N) is 2. The van der Waals surface area contributed by atoms with E-state index < -0.39 is 11.0 Å². The van der Waals surface area contributed by atoms with Crippen molar-refractivity contribution < 1.29 is 14.5 Å². The minimum Gasteiger partial charge on any atom is -0.373 e. The molecule has 1 fully saturated rings. The summed E-state index contributed by atoms with van der Waals surface area (Å²) in [6, 6.07) is 12.0. The standard InChI is InChI=1S/C17H14ClN3O4/c18-12-6-4-11(5-7-12)10-20-16(22)9-15(17(20)23)19-13-2-1-3-14(8-13)21(24)25/h1-8,15,19H,9-10H2/t15-/m1/s1. The van der Waals surface area contributed by atoms with Crippen molar-refractivity contribution in [3.63, 3.8) is 0 Å². The van der Waals surface area contributed by atoms with Gasteiger partial charge in [-0.25, -0.2) is 0 Å². The molecule has 25 heavy (non-hydrogen) atoms. The number of rotatable bonds is 5. The first kappa shape index (κ1) is 16.9. The van der Waals surface area contributed by atoms with Gasteiger partial charge in [0.15, 0.2) is 0 Å². The molecule has 128 valence electrons.